The van der Waals surface area contributed by atoms with Crippen molar-refractivity contribution in [1.82, 2.24) is 0 Å². The normalized spacial score (nSPS) is 12.0. The molecule has 0 fully saturated rings. The van der Waals surface area contributed by atoms with E-state index in [2.05, 4.69) is 4.99 Å². The zero-order chi connectivity index (χ0) is 13.8. The standard InChI is InChI=1S/C14H15N3O2/c15-14(16)17-12(13(18)19)8-9-5-6-10-3-1-2-4-11(10)7-9/h1-7,12H,8H2,(H,18,19)(H4,15,16,17)/t12-/m1/s1. The molecule has 0 amide bonds. The molecule has 2 aromatic carbocycles. The van der Waals surface area contributed by atoms with Gasteiger partial charge >= 0.3 is 5.97 Å². The molecule has 19 heavy (non-hydrogen) atoms. The summed E-state index contributed by atoms with van der Waals surface area (Å²) in [6.07, 6.45) is 0.262. The summed E-state index contributed by atoms with van der Waals surface area (Å²) in [6.45, 7) is 0. The fourth-order valence-corrected chi connectivity index (χ4v) is 1.96. The van der Waals surface area contributed by atoms with Crippen LogP contribution in [0.1, 0.15) is 5.56 Å². The number of aliphatic imine (C=N–C) groups is 1. The monoisotopic (exact) mass is 257 g/mol. The van der Waals surface area contributed by atoms with Crippen molar-refractivity contribution in [2.24, 2.45) is 16.5 Å². The van der Waals surface area contributed by atoms with E-state index in [1.165, 1.54) is 0 Å². The molecule has 0 saturated heterocycles. The van der Waals surface area contributed by atoms with Gasteiger partial charge in [0.25, 0.3) is 0 Å². The van der Waals surface area contributed by atoms with Crippen molar-refractivity contribution < 1.29 is 9.90 Å². The van der Waals surface area contributed by atoms with Crippen molar-refractivity contribution >= 4 is 22.7 Å². The van der Waals surface area contributed by atoms with Gasteiger partial charge < -0.3 is 16.6 Å². The lowest BCUT2D eigenvalue weighted by Gasteiger charge is -2.09. The van der Waals surface area contributed by atoms with Gasteiger partial charge in [-0.05, 0) is 16.3 Å². The van der Waals surface area contributed by atoms with Gasteiger partial charge in [0.05, 0.1) is 0 Å². The highest BCUT2D eigenvalue weighted by Gasteiger charge is 2.17. The Kier molecular flexibility index (Phi) is 3.66. The number of hydrogen-bond donors (Lipinski definition) is 3. The molecule has 0 aromatic heterocycles. The van der Waals surface area contributed by atoms with Gasteiger partial charge in [-0.1, -0.05) is 42.5 Å². The number of aliphatic carboxylic acids is 1. The maximum absolute atomic E-state index is 11.1. The summed E-state index contributed by atoms with van der Waals surface area (Å²) in [4.78, 5) is 14.8. The zero-order valence-electron chi connectivity index (χ0n) is 10.3. The van der Waals surface area contributed by atoms with Gasteiger partial charge in [-0.25, -0.2) is 9.79 Å². The highest BCUT2D eigenvalue weighted by atomic mass is 16.4. The van der Waals surface area contributed by atoms with Gasteiger partial charge in [0.2, 0.25) is 0 Å². The molecule has 0 aliphatic rings. The van der Waals surface area contributed by atoms with E-state index in [1.54, 1.807) is 0 Å². The number of carboxylic acids is 1. The molecule has 0 aliphatic heterocycles. The Morgan fingerprint density at radius 1 is 1.16 bits per heavy atom. The third-order valence-corrected chi connectivity index (χ3v) is 2.83. The highest BCUT2D eigenvalue weighted by molar-refractivity contribution is 5.84. The van der Waals surface area contributed by atoms with E-state index in [-0.39, 0.29) is 12.4 Å². The molecule has 1 atom stereocenters. The van der Waals surface area contributed by atoms with Crippen molar-refractivity contribution in [3.05, 3.63) is 48.0 Å². The lowest BCUT2D eigenvalue weighted by atomic mass is 10.0. The molecule has 5 heteroatoms. The molecule has 98 valence electrons. The molecule has 2 aromatic rings. The van der Waals surface area contributed by atoms with E-state index in [4.69, 9.17) is 16.6 Å². The summed E-state index contributed by atoms with van der Waals surface area (Å²) >= 11 is 0. The number of hydrogen-bond acceptors (Lipinski definition) is 2. The average Bonchev–Trinajstić information content (AvgIpc) is 2.37. The Balaban J connectivity index is 2.29. The lowest BCUT2D eigenvalue weighted by Crippen LogP contribution is -2.30. The van der Waals surface area contributed by atoms with Crippen molar-refractivity contribution in [3.8, 4) is 0 Å². The summed E-state index contributed by atoms with van der Waals surface area (Å²) < 4.78 is 0. The van der Waals surface area contributed by atoms with Crippen LogP contribution in [0.25, 0.3) is 10.8 Å². The van der Waals surface area contributed by atoms with Gasteiger partial charge in [-0.3, -0.25) is 0 Å². The molecule has 0 unspecified atom stereocenters. The van der Waals surface area contributed by atoms with Crippen LogP contribution in [0.5, 0.6) is 0 Å². The summed E-state index contributed by atoms with van der Waals surface area (Å²) in [5.41, 5.74) is 11.4. The van der Waals surface area contributed by atoms with Crippen LogP contribution in [0.4, 0.5) is 0 Å². The van der Waals surface area contributed by atoms with E-state index in [0.29, 0.717) is 0 Å². The Morgan fingerprint density at radius 2 is 1.84 bits per heavy atom. The fraction of sp³-hybridized carbons (Fsp3) is 0.143. The third kappa shape index (κ3) is 3.22. The van der Waals surface area contributed by atoms with Gasteiger partial charge in [-0.2, -0.15) is 0 Å². The second-order valence-electron chi connectivity index (χ2n) is 4.29. The molecule has 2 rings (SSSR count). The number of nitrogens with two attached hydrogens (primary N) is 2. The largest absolute Gasteiger partial charge is 0.480 e. The first-order valence-electron chi connectivity index (χ1n) is 5.85. The molecule has 0 heterocycles. The summed E-state index contributed by atoms with van der Waals surface area (Å²) in [6, 6.07) is 12.7. The van der Waals surface area contributed by atoms with Crippen LogP contribution in [-0.4, -0.2) is 23.1 Å². The van der Waals surface area contributed by atoms with Crippen LogP contribution < -0.4 is 11.5 Å². The number of fused-ring (bicyclic) bond motifs is 1. The molecular formula is C14H15N3O2. The van der Waals surface area contributed by atoms with Crippen LogP contribution >= 0.6 is 0 Å². The number of carboxylic acid groups (broad SMARTS) is 1. The van der Waals surface area contributed by atoms with Crippen molar-refractivity contribution in [3.63, 3.8) is 0 Å². The maximum atomic E-state index is 11.1. The zero-order valence-corrected chi connectivity index (χ0v) is 10.3. The predicted molar refractivity (Wildman–Crippen MR) is 74.9 cm³/mol. The minimum atomic E-state index is -1.04. The van der Waals surface area contributed by atoms with Gasteiger partial charge in [-0.15, -0.1) is 0 Å². The molecule has 5 nitrogen and oxygen atoms in total. The Morgan fingerprint density at radius 3 is 2.47 bits per heavy atom. The first-order valence-corrected chi connectivity index (χ1v) is 5.85. The summed E-state index contributed by atoms with van der Waals surface area (Å²) in [5.74, 6) is -1.25. The number of rotatable bonds is 4. The first kappa shape index (κ1) is 12.9. The Labute approximate surface area is 110 Å². The second kappa shape index (κ2) is 5.39. The number of nitrogens with zero attached hydrogens (tertiary/aromatic N) is 1. The average molecular weight is 257 g/mol. The topological polar surface area (TPSA) is 102 Å². The Bertz CT molecular complexity index is 633. The van der Waals surface area contributed by atoms with Gasteiger partial charge in [0, 0.05) is 6.42 Å². The lowest BCUT2D eigenvalue weighted by molar-refractivity contribution is -0.138. The predicted octanol–water partition coefficient (Wildman–Crippen LogP) is 1.11. The van der Waals surface area contributed by atoms with Crippen LogP contribution in [0.2, 0.25) is 0 Å². The second-order valence-corrected chi connectivity index (χ2v) is 4.29. The maximum Gasteiger partial charge on any atom is 0.328 e. The molecule has 0 saturated carbocycles. The number of carbonyl (C=O) groups is 1. The van der Waals surface area contributed by atoms with Crippen molar-refractivity contribution in [2.45, 2.75) is 12.5 Å². The molecule has 0 aliphatic carbocycles. The number of benzene rings is 2. The van der Waals surface area contributed by atoms with Crippen LogP contribution in [-0.2, 0) is 11.2 Å². The smallest absolute Gasteiger partial charge is 0.328 e. The van der Waals surface area contributed by atoms with Gasteiger partial charge in [0.1, 0.15) is 0 Å². The molecule has 5 N–H and O–H groups in total. The van der Waals surface area contributed by atoms with E-state index in [1.807, 2.05) is 42.5 Å². The summed E-state index contributed by atoms with van der Waals surface area (Å²) in [7, 11) is 0. The molecule has 0 bridgehead atoms. The molecule has 0 radical (unpaired) electrons. The van der Waals surface area contributed by atoms with E-state index < -0.39 is 12.0 Å². The van der Waals surface area contributed by atoms with Crippen molar-refractivity contribution in [1.29, 1.82) is 0 Å². The van der Waals surface area contributed by atoms with E-state index in [0.717, 1.165) is 16.3 Å². The minimum absolute atomic E-state index is 0.215. The minimum Gasteiger partial charge on any atom is -0.480 e. The first-order chi connectivity index (χ1) is 9.06. The van der Waals surface area contributed by atoms with Crippen LogP contribution in [0, 0.1) is 0 Å². The summed E-state index contributed by atoms with van der Waals surface area (Å²) in [5, 5.41) is 11.3. The van der Waals surface area contributed by atoms with Crippen molar-refractivity contribution in [2.75, 3.05) is 0 Å². The van der Waals surface area contributed by atoms with Crippen LogP contribution in [0.15, 0.2) is 47.5 Å². The Hall–Kier alpha value is -2.56. The fourth-order valence-electron chi connectivity index (χ4n) is 1.96. The number of guanidine groups is 1. The molecule has 0 spiro atoms. The highest BCUT2D eigenvalue weighted by Crippen LogP contribution is 2.17. The quantitative estimate of drug-likeness (QED) is 0.564. The van der Waals surface area contributed by atoms with Crippen LogP contribution in [0.3, 0.4) is 0 Å². The third-order valence-electron chi connectivity index (χ3n) is 2.83. The SMILES string of the molecule is NC(N)=N[C@H](Cc1ccc2ccccc2c1)C(=O)O. The van der Waals surface area contributed by atoms with E-state index in [9.17, 15) is 4.79 Å². The van der Waals surface area contributed by atoms with Gasteiger partial charge in [0.15, 0.2) is 12.0 Å². The van der Waals surface area contributed by atoms with E-state index >= 15 is 0 Å². The molecular weight excluding hydrogens is 242 g/mol.